The van der Waals surface area contributed by atoms with Crippen molar-refractivity contribution in [3.63, 3.8) is 0 Å². The molecule has 0 aliphatic carbocycles. The molecule has 0 radical (unpaired) electrons. The van der Waals surface area contributed by atoms with Crippen molar-refractivity contribution in [1.29, 1.82) is 0 Å². The summed E-state index contributed by atoms with van der Waals surface area (Å²) >= 11 is 0. The molecule has 0 bridgehead atoms. The van der Waals surface area contributed by atoms with Crippen LogP contribution in [0, 0.1) is 0 Å². The molecule has 36 heavy (non-hydrogen) atoms. The standard InChI is InChI=1S/C30H60NO4P/c1-4-5-6-7-8-9-10-11-12-13-14-15-16-17-18-19-20-21-22-23-29-34-36(32,33)35-30-25-24-27-31(2,3)28-26-30/h11-12,30H,4-10,13-29H2,1-3H3/p+1. The summed E-state index contributed by atoms with van der Waals surface area (Å²) in [6.45, 7) is 4.66. The van der Waals surface area contributed by atoms with Gasteiger partial charge in [-0.3, -0.25) is 9.05 Å². The van der Waals surface area contributed by atoms with Gasteiger partial charge in [0.05, 0.1) is 39.9 Å². The summed E-state index contributed by atoms with van der Waals surface area (Å²) in [5.74, 6) is 0. The van der Waals surface area contributed by atoms with Crippen molar-refractivity contribution in [2.24, 2.45) is 0 Å². The van der Waals surface area contributed by atoms with E-state index < -0.39 is 7.82 Å². The summed E-state index contributed by atoms with van der Waals surface area (Å²) in [5.41, 5.74) is 0. The van der Waals surface area contributed by atoms with Gasteiger partial charge in [0.25, 0.3) is 0 Å². The van der Waals surface area contributed by atoms with E-state index in [2.05, 4.69) is 33.2 Å². The molecular weight excluding hydrogens is 469 g/mol. The Balaban J connectivity index is 1.84. The van der Waals surface area contributed by atoms with Crippen LogP contribution >= 0.6 is 7.82 Å². The average Bonchev–Trinajstić information content (AvgIpc) is 2.99. The summed E-state index contributed by atoms with van der Waals surface area (Å²) in [6, 6.07) is 0. The molecule has 0 aromatic rings. The summed E-state index contributed by atoms with van der Waals surface area (Å²) in [7, 11) is 0.479. The van der Waals surface area contributed by atoms with E-state index in [1.165, 1.54) is 103 Å². The second kappa shape index (κ2) is 21.7. The molecule has 1 rings (SSSR count). The Kier molecular flexibility index (Phi) is 20.4. The van der Waals surface area contributed by atoms with E-state index >= 15 is 0 Å². The Morgan fingerprint density at radius 2 is 1.25 bits per heavy atom. The normalized spacial score (nSPS) is 19.9. The highest BCUT2D eigenvalue weighted by molar-refractivity contribution is 7.47. The van der Waals surface area contributed by atoms with Gasteiger partial charge in [-0.2, -0.15) is 0 Å². The quantitative estimate of drug-likeness (QED) is 0.0619. The number of nitrogens with zero attached hydrogens (tertiary/aromatic N) is 1. The van der Waals surface area contributed by atoms with Crippen LogP contribution in [-0.4, -0.2) is 49.3 Å². The van der Waals surface area contributed by atoms with Crippen LogP contribution in [0.2, 0.25) is 0 Å². The van der Waals surface area contributed by atoms with Crippen molar-refractivity contribution < 1.29 is 23.0 Å². The second-order valence-corrected chi connectivity index (χ2v) is 13.1. The molecular formula is C30H61NO4P+. The Morgan fingerprint density at radius 3 is 1.81 bits per heavy atom. The van der Waals surface area contributed by atoms with Gasteiger partial charge in [-0.05, 0) is 44.9 Å². The number of phosphoric ester groups is 1. The fraction of sp³-hybridized carbons (Fsp3) is 0.933. The van der Waals surface area contributed by atoms with Crippen molar-refractivity contribution in [2.75, 3.05) is 33.8 Å². The van der Waals surface area contributed by atoms with Gasteiger partial charge in [-0.1, -0.05) is 103 Å². The predicted octanol–water partition coefficient (Wildman–Crippen LogP) is 9.35. The third-order valence-corrected chi connectivity index (χ3v) is 8.61. The predicted molar refractivity (Wildman–Crippen MR) is 154 cm³/mol. The number of phosphoric acid groups is 1. The molecule has 2 unspecified atom stereocenters. The fourth-order valence-corrected chi connectivity index (χ4v) is 6.07. The van der Waals surface area contributed by atoms with E-state index in [1.54, 1.807) is 0 Å². The van der Waals surface area contributed by atoms with Crippen LogP contribution in [0.5, 0.6) is 0 Å². The van der Waals surface area contributed by atoms with Gasteiger partial charge >= 0.3 is 7.82 Å². The van der Waals surface area contributed by atoms with Gasteiger partial charge in [0.1, 0.15) is 0 Å². The minimum atomic E-state index is -3.93. The van der Waals surface area contributed by atoms with Gasteiger partial charge in [0.15, 0.2) is 0 Å². The van der Waals surface area contributed by atoms with Gasteiger partial charge < -0.3 is 9.38 Å². The average molecular weight is 531 g/mol. The molecule has 0 saturated carbocycles. The summed E-state index contributed by atoms with van der Waals surface area (Å²) in [4.78, 5) is 10.0. The van der Waals surface area contributed by atoms with Crippen molar-refractivity contribution in [3.8, 4) is 0 Å². The molecule has 2 atom stereocenters. The first-order valence-corrected chi connectivity index (χ1v) is 17.0. The maximum absolute atomic E-state index is 12.3. The lowest BCUT2D eigenvalue weighted by Gasteiger charge is -2.27. The molecule has 0 spiro atoms. The van der Waals surface area contributed by atoms with Crippen LogP contribution in [0.4, 0.5) is 0 Å². The van der Waals surface area contributed by atoms with Crippen LogP contribution in [0.1, 0.15) is 142 Å². The Labute approximate surface area is 224 Å². The Bertz CT molecular complexity index is 581. The zero-order valence-electron chi connectivity index (χ0n) is 24.3. The van der Waals surface area contributed by atoms with Crippen LogP contribution in [-0.2, 0) is 13.6 Å². The summed E-state index contributed by atoms with van der Waals surface area (Å²) in [6.07, 6.45) is 30.5. The van der Waals surface area contributed by atoms with Crippen LogP contribution in [0.3, 0.4) is 0 Å². The molecule has 1 heterocycles. The lowest BCUT2D eigenvalue weighted by Crippen LogP contribution is -2.40. The Morgan fingerprint density at radius 1 is 0.750 bits per heavy atom. The third kappa shape index (κ3) is 20.8. The first-order chi connectivity index (χ1) is 17.3. The highest BCUT2D eigenvalue weighted by atomic mass is 31.2. The molecule has 1 fully saturated rings. The summed E-state index contributed by atoms with van der Waals surface area (Å²) in [5, 5.41) is 0. The molecule has 1 saturated heterocycles. The molecule has 0 aromatic carbocycles. The van der Waals surface area contributed by atoms with Gasteiger partial charge in [-0.25, -0.2) is 4.57 Å². The maximum Gasteiger partial charge on any atom is 0.472 e. The highest BCUT2D eigenvalue weighted by Crippen LogP contribution is 2.46. The van der Waals surface area contributed by atoms with E-state index in [1.807, 2.05) is 0 Å². The van der Waals surface area contributed by atoms with Crippen LogP contribution in [0.15, 0.2) is 12.2 Å². The third-order valence-electron chi connectivity index (χ3n) is 7.54. The molecule has 5 nitrogen and oxygen atoms in total. The lowest BCUT2D eigenvalue weighted by molar-refractivity contribution is -0.889. The lowest BCUT2D eigenvalue weighted by atomic mass is 10.1. The van der Waals surface area contributed by atoms with Crippen molar-refractivity contribution in [2.45, 2.75) is 148 Å². The number of likely N-dealkylation sites (tertiary alicyclic amines) is 1. The van der Waals surface area contributed by atoms with E-state index in [0.717, 1.165) is 49.7 Å². The van der Waals surface area contributed by atoms with Crippen molar-refractivity contribution in [3.05, 3.63) is 12.2 Å². The van der Waals surface area contributed by atoms with Gasteiger partial charge in [0, 0.05) is 6.42 Å². The summed E-state index contributed by atoms with van der Waals surface area (Å²) < 4.78 is 23.9. The SMILES string of the molecule is CCCCCCCCC=CCCCCCCCCCCCCOP(=O)(O)OC1CCC[N+](C)(C)CC1. The smallest absolute Gasteiger partial charge is 0.328 e. The molecule has 0 aromatic heterocycles. The molecule has 214 valence electrons. The number of quaternary nitrogens is 1. The highest BCUT2D eigenvalue weighted by Gasteiger charge is 2.30. The Hall–Kier alpha value is -0.190. The zero-order valence-corrected chi connectivity index (χ0v) is 25.2. The molecule has 0 amide bonds. The van der Waals surface area contributed by atoms with Gasteiger partial charge in [0.2, 0.25) is 0 Å². The second-order valence-electron chi connectivity index (χ2n) is 11.7. The number of rotatable bonds is 23. The van der Waals surface area contributed by atoms with Crippen molar-refractivity contribution in [1.82, 2.24) is 0 Å². The first-order valence-electron chi connectivity index (χ1n) is 15.5. The molecule has 1 aliphatic heterocycles. The molecule has 1 aliphatic rings. The number of hydrogen-bond donors (Lipinski definition) is 1. The number of unbranched alkanes of at least 4 members (excludes halogenated alkanes) is 16. The topological polar surface area (TPSA) is 55.8 Å². The van der Waals surface area contributed by atoms with E-state index in [-0.39, 0.29) is 6.10 Å². The maximum atomic E-state index is 12.3. The first kappa shape index (κ1) is 33.8. The zero-order chi connectivity index (χ0) is 26.4. The number of allylic oxidation sites excluding steroid dienone is 2. The van der Waals surface area contributed by atoms with Crippen LogP contribution < -0.4 is 0 Å². The molecule has 1 N–H and O–H groups in total. The van der Waals surface area contributed by atoms with E-state index in [4.69, 9.17) is 9.05 Å². The largest absolute Gasteiger partial charge is 0.472 e. The monoisotopic (exact) mass is 530 g/mol. The minimum absolute atomic E-state index is 0.160. The van der Waals surface area contributed by atoms with E-state index in [9.17, 15) is 9.46 Å². The van der Waals surface area contributed by atoms with E-state index in [0.29, 0.717) is 6.61 Å². The minimum Gasteiger partial charge on any atom is -0.328 e. The number of hydrogen-bond acceptors (Lipinski definition) is 3. The van der Waals surface area contributed by atoms with Crippen molar-refractivity contribution >= 4 is 7.82 Å². The van der Waals surface area contributed by atoms with Crippen LogP contribution in [0.25, 0.3) is 0 Å². The van der Waals surface area contributed by atoms with Gasteiger partial charge in [-0.15, -0.1) is 0 Å². The molecule has 6 heteroatoms. The fourth-order valence-electron chi connectivity index (χ4n) is 5.06.